The molecule has 0 radical (unpaired) electrons. The lowest BCUT2D eigenvalue weighted by Gasteiger charge is -2.14. The molecule has 40 heavy (non-hydrogen) atoms. The Labute approximate surface area is 230 Å². The molecule has 0 spiro atoms. The molecule has 2 aromatic heterocycles. The number of nitrogens with one attached hydrogen (secondary N) is 2. The number of rotatable bonds is 11. The van der Waals surface area contributed by atoms with E-state index in [0.717, 1.165) is 11.0 Å². The van der Waals surface area contributed by atoms with Gasteiger partial charge in [-0.25, -0.2) is 22.6 Å². The van der Waals surface area contributed by atoms with Gasteiger partial charge in [0.25, 0.3) is 15.6 Å². The molecule has 2 N–H and O–H groups in total. The average Bonchev–Trinajstić information content (AvgIpc) is 2.93. The minimum Gasteiger partial charge on any atom is -0.320 e. The summed E-state index contributed by atoms with van der Waals surface area (Å²) in [6, 6.07) is 16.4. The Hall–Kier alpha value is -4.58. The van der Waals surface area contributed by atoms with E-state index in [2.05, 4.69) is 15.0 Å². The Balaban J connectivity index is 1.53. The van der Waals surface area contributed by atoms with Crippen LogP contribution >= 0.6 is 0 Å². The Morgan fingerprint density at radius 2 is 1.73 bits per heavy atom. The van der Waals surface area contributed by atoms with E-state index in [1.54, 1.807) is 18.2 Å². The molecule has 0 aliphatic carbocycles. The summed E-state index contributed by atoms with van der Waals surface area (Å²) in [5.74, 6) is -0.923. The highest BCUT2D eigenvalue weighted by Gasteiger charge is 2.17. The Morgan fingerprint density at radius 3 is 2.40 bits per heavy atom. The van der Waals surface area contributed by atoms with Crippen molar-refractivity contribution in [2.45, 2.75) is 44.2 Å². The first-order valence-electron chi connectivity index (χ1n) is 12.6. The maximum atomic E-state index is 14.3. The number of hydrogen-bond donors (Lipinski definition) is 2. The molecule has 2 heterocycles. The second-order valence-electron chi connectivity index (χ2n) is 9.04. The van der Waals surface area contributed by atoms with Crippen LogP contribution in [-0.2, 0) is 34.3 Å². The fourth-order valence-corrected chi connectivity index (χ4v) is 4.96. The number of carbonyl (C=O) groups is 1. The predicted octanol–water partition coefficient (Wildman–Crippen LogP) is 3.37. The highest BCUT2D eigenvalue weighted by molar-refractivity contribution is 7.92. The van der Waals surface area contributed by atoms with Crippen molar-refractivity contribution in [1.82, 2.24) is 14.1 Å². The number of sulfonamides is 1. The van der Waals surface area contributed by atoms with E-state index in [4.69, 9.17) is 0 Å². The van der Waals surface area contributed by atoms with Crippen molar-refractivity contribution >= 4 is 27.4 Å². The smallest absolute Gasteiger partial charge is 0.320 e. The van der Waals surface area contributed by atoms with Crippen LogP contribution in [0.15, 0.2) is 93.6 Å². The first-order valence-corrected chi connectivity index (χ1v) is 14.1. The lowest BCUT2D eigenvalue weighted by molar-refractivity contribution is -0.115. The van der Waals surface area contributed by atoms with Crippen LogP contribution in [0.3, 0.4) is 0 Å². The van der Waals surface area contributed by atoms with Crippen molar-refractivity contribution in [3.8, 4) is 0 Å². The summed E-state index contributed by atoms with van der Waals surface area (Å²) in [7, 11) is -3.88. The van der Waals surface area contributed by atoms with Gasteiger partial charge in [-0.05, 0) is 42.3 Å². The van der Waals surface area contributed by atoms with E-state index >= 15 is 0 Å². The van der Waals surface area contributed by atoms with E-state index in [-0.39, 0.29) is 34.9 Å². The van der Waals surface area contributed by atoms with Gasteiger partial charge >= 0.3 is 5.69 Å². The van der Waals surface area contributed by atoms with Crippen LogP contribution in [0.4, 0.5) is 15.9 Å². The zero-order chi connectivity index (χ0) is 28.7. The molecule has 0 aliphatic rings. The zero-order valence-electron chi connectivity index (χ0n) is 21.7. The molecule has 208 valence electrons. The Kier molecular flexibility index (Phi) is 8.90. The average molecular weight is 566 g/mol. The molecule has 4 aromatic rings. The number of hydrogen-bond acceptors (Lipinski definition) is 6. The number of carbonyl (C=O) groups excluding carboxylic acids is 1. The minimum absolute atomic E-state index is 0.0126. The van der Waals surface area contributed by atoms with Crippen LogP contribution in [0.25, 0.3) is 0 Å². The molecule has 10 nitrogen and oxygen atoms in total. The molecule has 2 aromatic carbocycles. The normalized spacial score (nSPS) is 11.2. The van der Waals surface area contributed by atoms with Crippen molar-refractivity contribution in [2.75, 3.05) is 10.0 Å². The summed E-state index contributed by atoms with van der Waals surface area (Å²) >= 11 is 0. The largest absolute Gasteiger partial charge is 0.331 e. The third-order valence-electron chi connectivity index (χ3n) is 6.05. The van der Waals surface area contributed by atoms with Gasteiger partial charge < -0.3 is 5.32 Å². The number of anilines is 2. The molecule has 0 saturated heterocycles. The van der Waals surface area contributed by atoms with E-state index in [1.165, 1.54) is 65.5 Å². The van der Waals surface area contributed by atoms with Crippen LogP contribution in [0.1, 0.15) is 30.9 Å². The molecule has 0 saturated carbocycles. The highest BCUT2D eigenvalue weighted by atomic mass is 32.2. The fourth-order valence-electron chi connectivity index (χ4n) is 3.95. The summed E-state index contributed by atoms with van der Waals surface area (Å²) < 4.78 is 44.1. The molecule has 0 aliphatic heterocycles. The van der Waals surface area contributed by atoms with Gasteiger partial charge in [-0.3, -0.25) is 23.4 Å². The van der Waals surface area contributed by atoms with Gasteiger partial charge in [-0.1, -0.05) is 49.7 Å². The number of benzene rings is 2. The van der Waals surface area contributed by atoms with Crippen molar-refractivity contribution in [3.05, 3.63) is 117 Å². The number of pyridine rings is 1. The van der Waals surface area contributed by atoms with E-state index < -0.39 is 33.0 Å². The summed E-state index contributed by atoms with van der Waals surface area (Å²) in [4.78, 5) is 42.9. The van der Waals surface area contributed by atoms with Crippen molar-refractivity contribution in [2.24, 2.45) is 0 Å². The molecule has 1 amide bonds. The monoisotopic (exact) mass is 565 g/mol. The van der Waals surface area contributed by atoms with Crippen LogP contribution in [0.5, 0.6) is 0 Å². The number of nitrogens with zero attached hydrogens (tertiary/aromatic N) is 3. The predicted molar refractivity (Wildman–Crippen MR) is 149 cm³/mol. The van der Waals surface area contributed by atoms with Gasteiger partial charge in [0.05, 0.1) is 17.9 Å². The van der Waals surface area contributed by atoms with Gasteiger partial charge in [0, 0.05) is 24.5 Å². The lowest BCUT2D eigenvalue weighted by Crippen LogP contribution is -2.41. The number of unbranched alkanes of at least 4 members (excludes halogenated alkanes) is 1. The topological polar surface area (TPSA) is 132 Å². The highest BCUT2D eigenvalue weighted by Crippen LogP contribution is 2.16. The molecule has 0 fully saturated rings. The molecule has 0 bridgehead atoms. The van der Waals surface area contributed by atoms with Crippen molar-refractivity contribution < 1.29 is 17.6 Å². The fraction of sp³-hybridized carbons (Fsp3) is 0.214. The third kappa shape index (κ3) is 6.89. The summed E-state index contributed by atoms with van der Waals surface area (Å²) in [6.45, 7) is 1.98. The van der Waals surface area contributed by atoms with Gasteiger partial charge in [0.15, 0.2) is 0 Å². The Bertz CT molecular complexity index is 1720. The lowest BCUT2D eigenvalue weighted by atomic mass is 10.1. The van der Waals surface area contributed by atoms with Gasteiger partial charge in [-0.2, -0.15) is 0 Å². The van der Waals surface area contributed by atoms with E-state index in [9.17, 15) is 27.2 Å². The molecule has 0 unspecified atom stereocenters. The number of halogens is 1. The molecular formula is C28H28FN5O5S. The third-order valence-corrected chi connectivity index (χ3v) is 7.42. The second kappa shape index (κ2) is 12.5. The van der Waals surface area contributed by atoms with Crippen LogP contribution < -0.4 is 21.3 Å². The van der Waals surface area contributed by atoms with E-state index in [1.807, 2.05) is 6.92 Å². The molecule has 12 heteroatoms. The van der Waals surface area contributed by atoms with Crippen LogP contribution in [0.2, 0.25) is 0 Å². The summed E-state index contributed by atoms with van der Waals surface area (Å²) in [5.41, 5.74) is -0.803. The maximum absolute atomic E-state index is 14.3. The van der Waals surface area contributed by atoms with Crippen LogP contribution in [-0.4, -0.2) is 28.4 Å². The molecular weight excluding hydrogens is 537 g/mol. The standard InChI is InChI=1S/C28H28FN5O5S/c1-2-3-16-33-19-24(27(36)34(28(33)37)18-21-8-4-5-9-23(21)29)31-26(35)17-20-11-13-22(14-12-20)40(38,39)32-25-10-6-7-15-30-25/h4-15,19H,2-3,16-18H2,1H3,(H,30,32)(H,31,35). The first kappa shape index (κ1) is 28.4. The van der Waals surface area contributed by atoms with Crippen molar-refractivity contribution in [3.63, 3.8) is 0 Å². The number of aromatic nitrogens is 3. The summed E-state index contributed by atoms with van der Waals surface area (Å²) in [6.07, 6.45) is 4.06. The Morgan fingerprint density at radius 1 is 1.00 bits per heavy atom. The van der Waals surface area contributed by atoms with Crippen LogP contribution in [0, 0.1) is 5.82 Å². The van der Waals surface area contributed by atoms with E-state index in [0.29, 0.717) is 18.5 Å². The van der Waals surface area contributed by atoms with Gasteiger partial charge in [-0.15, -0.1) is 0 Å². The maximum Gasteiger partial charge on any atom is 0.331 e. The van der Waals surface area contributed by atoms with Crippen molar-refractivity contribution in [1.29, 1.82) is 0 Å². The number of aryl methyl sites for hydroxylation is 1. The number of amides is 1. The second-order valence-corrected chi connectivity index (χ2v) is 10.7. The first-order chi connectivity index (χ1) is 19.2. The minimum atomic E-state index is -3.88. The molecule has 0 atom stereocenters. The van der Waals surface area contributed by atoms with Gasteiger partial charge in [0.1, 0.15) is 17.3 Å². The SMILES string of the molecule is CCCCn1cc(NC(=O)Cc2ccc(S(=O)(=O)Nc3ccccn3)cc2)c(=O)n(Cc2ccccc2F)c1=O. The zero-order valence-corrected chi connectivity index (χ0v) is 22.5. The summed E-state index contributed by atoms with van der Waals surface area (Å²) in [5, 5.41) is 2.56. The quantitative estimate of drug-likeness (QED) is 0.287. The molecule has 4 rings (SSSR count). The van der Waals surface area contributed by atoms with Gasteiger partial charge in [0.2, 0.25) is 5.91 Å².